The number of phenols is 1. The van der Waals surface area contributed by atoms with Crippen molar-refractivity contribution in [2.45, 2.75) is 19.9 Å². The van der Waals surface area contributed by atoms with Crippen molar-refractivity contribution in [1.82, 2.24) is 4.57 Å². The highest BCUT2D eigenvalue weighted by Crippen LogP contribution is 2.35. The zero-order chi connectivity index (χ0) is 18.1. The van der Waals surface area contributed by atoms with E-state index in [0.29, 0.717) is 17.5 Å². The molecule has 0 spiro atoms. The smallest absolute Gasteiger partial charge is 0.307 e. The Bertz CT molecular complexity index is 944. The Morgan fingerprint density at radius 2 is 1.92 bits per heavy atom. The minimum absolute atomic E-state index is 0.0533. The molecule has 1 aromatic heterocycles. The Hall–Kier alpha value is -2.66. The molecule has 1 heterocycles. The molecule has 0 saturated heterocycles. The molecular formula is C19H18ClNO4. The van der Waals surface area contributed by atoms with Crippen LogP contribution < -0.4 is 4.74 Å². The van der Waals surface area contributed by atoms with Gasteiger partial charge in [-0.15, -0.1) is 0 Å². The van der Waals surface area contributed by atoms with Gasteiger partial charge in [0.1, 0.15) is 11.5 Å². The van der Waals surface area contributed by atoms with Crippen molar-refractivity contribution in [3.8, 4) is 11.5 Å². The van der Waals surface area contributed by atoms with Crippen molar-refractivity contribution in [2.24, 2.45) is 0 Å². The third kappa shape index (κ3) is 3.28. The number of aromatic nitrogens is 1. The summed E-state index contributed by atoms with van der Waals surface area (Å²) in [7, 11) is 1.62. The molecule has 0 aliphatic rings. The Labute approximate surface area is 150 Å². The molecule has 25 heavy (non-hydrogen) atoms. The fourth-order valence-electron chi connectivity index (χ4n) is 3.05. The first-order chi connectivity index (χ1) is 11.9. The quantitative estimate of drug-likeness (QED) is 0.722. The number of benzene rings is 2. The molecule has 0 radical (unpaired) electrons. The van der Waals surface area contributed by atoms with Gasteiger partial charge in [-0.3, -0.25) is 4.79 Å². The van der Waals surface area contributed by atoms with E-state index in [4.69, 9.17) is 16.3 Å². The van der Waals surface area contributed by atoms with Gasteiger partial charge in [0.05, 0.1) is 24.1 Å². The predicted octanol–water partition coefficient (Wildman–Crippen LogP) is 3.99. The lowest BCUT2D eigenvalue weighted by Gasteiger charge is -2.10. The standard InChI is InChI=1S/C19H18ClNO4/c1-11-14(8-19(23)24)15-7-18(22)16(20)9-17(15)21(11)10-12-3-5-13(25-2)6-4-12/h3-7,9,22H,8,10H2,1-2H3,(H,23,24). The number of phenolic OH excluding ortho intramolecular Hbond substituents is 1. The Morgan fingerprint density at radius 1 is 1.24 bits per heavy atom. The van der Waals surface area contributed by atoms with Gasteiger partial charge in [-0.25, -0.2) is 0 Å². The number of hydrogen-bond acceptors (Lipinski definition) is 3. The second kappa shape index (κ2) is 6.69. The Balaban J connectivity index is 2.13. The molecule has 6 heteroatoms. The molecule has 0 amide bonds. The minimum atomic E-state index is -0.916. The van der Waals surface area contributed by atoms with Crippen LogP contribution in [0, 0.1) is 6.92 Å². The van der Waals surface area contributed by atoms with Crippen molar-refractivity contribution in [1.29, 1.82) is 0 Å². The van der Waals surface area contributed by atoms with Gasteiger partial charge < -0.3 is 19.5 Å². The van der Waals surface area contributed by atoms with Crippen LogP contribution in [0.25, 0.3) is 10.9 Å². The summed E-state index contributed by atoms with van der Waals surface area (Å²) in [6.45, 7) is 2.44. The molecule has 0 saturated carbocycles. The van der Waals surface area contributed by atoms with Crippen LogP contribution in [0.15, 0.2) is 36.4 Å². The topological polar surface area (TPSA) is 71.7 Å². The number of nitrogens with zero attached hydrogens (tertiary/aromatic N) is 1. The fraction of sp³-hybridized carbons (Fsp3) is 0.211. The van der Waals surface area contributed by atoms with E-state index in [9.17, 15) is 15.0 Å². The van der Waals surface area contributed by atoms with E-state index in [1.54, 1.807) is 13.2 Å². The average molecular weight is 360 g/mol. The van der Waals surface area contributed by atoms with E-state index < -0.39 is 5.97 Å². The van der Waals surface area contributed by atoms with Gasteiger partial charge >= 0.3 is 5.97 Å². The Kier molecular flexibility index (Phi) is 4.59. The lowest BCUT2D eigenvalue weighted by Crippen LogP contribution is -2.05. The highest BCUT2D eigenvalue weighted by Gasteiger charge is 2.18. The number of ether oxygens (including phenoxy) is 1. The fourth-order valence-corrected chi connectivity index (χ4v) is 3.20. The maximum Gasteiger partial charge on any atom is 0.307 e. The van der Waals surface area contributed by atoms with E-state index in [-0.39, 0.29) is 17.2 Å². The highest BCUT2D eigenvalue weighted by molar-refractivity contribution is 6.32. The summed E-state index contributed by atoms with van der Waals surface area (Å²) in [5.41, 5.74) is 3.37. The third-order valence-corrected chi connectivity index (χ3v) is 4.65. The predicted molar refractivity (Wildman–Crippen MR) is 96.8 cm³/mol. The SMILES string of the molecule is COc1ccc(Cn2c(C)c(CC(=O)O)c3cc(O)c(Cl)cc32)cc1. The van der Waals surface area contributed by atoms with Gasteiger partial charge in [-0.05, 0) is 42.3 Å². The maximum absolute atomic E-state index is 11.2. The summed E-state index contributed by atoms with van der Waals surface area (Å²) in [5.74, 6) is -0.194. The van der Waals surface area contributed by atoms with Crippen molar-refractivity contribution in [2.75, 3.05) is 7.11 Å². The monoisotopic (exact) mass is 359 g/mol. The first-order valence-corrected chi connectivity index (χ1v) is 8.13. The summed E-state index contributed by atoms with van der Waals surface area (Å²) in [4.78, 5) is 11.2. The summed E-state index contributed by atoms with van der Waals surface area (Å²) in [6.07, 6.45) is -0.112. The number of methoxy groups -OCH3 is 1. The highest BCUT2D eigenvalue weighted by atomic mass is 35.5. The normalized spacial score (nSPS) is 11.0. The number of carbonyl (C=O) groups is 1. The van der Waals surface area contributed by atoms with Crippen LogP contribution in [0.4, 0.5) is 0 Å². The molecule has 2 aromatic carbocycles. The van der Waals surface area contributed by atoms with Crippen LogP contribution in [-0.2, 0) is 17.8 Å². The third-order valence-electron chi connectivity index (χ3n) is 4.35. The van der Waals surface area contributed by atoms with Crippen molar-refractivity contribution in [3.63, 3.8) is 0 Å². The molecule has 0 aliphatic carbocycles. The lowest BCUT2D eigenvalue weighted by atomic mass is 10.1. The number of aromatic hydroxyl groups is 1. The zero-order valence-corrected chi connectivity index (χ0v) is 14.7. The molecule has 2 N–H and O–H groups in total. The molecule has 0 unspecified atom stereocenters. The number of aliphatic carboxylic acids is 1. The van der Waals surface area contributed by atoms with E-state index in [1.807, 2.05) is 35.8 Å². The zero-order valence-electron chi connectivity index (χ0n) is 13.9. The number of carboxylic acid groups (broad SMARTS) is 1. The summed E-state index contributed by atoms with van der Waals surface area (Å²) < 4.78 is 7.19. The molecule has 0 fully saturated rings. The molecule has 3 aromatic rings. The van der Waals surface area contributed by atoms with E-state index in [1.165, 1.54) is 6.07 Å². The van der Waals surface area contributed by atoms with Gasteiger partial charge in [0, 0.05) is 17.6 Å². The maximum atomic E-state index is 11.2. The second-order valence-corrected chi connectivity index (χ2v) is 6.30. The largest absolute Gasteiger partial charge is 0.506 e. The lowest BCUT2D eigenvalue weighted by molar-refractivity contribution is -0.136. The van der Waals surface area contributed by atoms with Crippen molar-refractivity contribution >= 4 is 28.5 Å². The molecule has 0 aliphatic heterocycles. The number of halogens is 1. The molecule has 3 rings (SSSR count). The number of carboxylic acids is 1. The van der Waals surface area contributed by atoms with Gasteiger partial charge in [0.25, 0.3) is 0 Å². The van der Waals surface area contributed by atoms with Gasteiger partial charge in [-0.1, -0.05) is 23.7 Å². The van der Waals surface area contributed by atoms with Crippen molar-refractivity contribution in [3.05, 3.63) is 58.2 Å². The van der Waals surface area contributed by atoms with E-state index >= 15 is 0 Å². The van der Waals surface area contributed by atoms with Gasteiger partial charge in [0.15, 0.2) is 0 Å². The molecule has 0 atom stereocenters. The average Bonchev–Trinajstić information content (AvgIpc) is 2.81. The Morgan fingerprint density at radius 3 is 2.52 bits per heavy atom. The second-order valence-electron chi connectivity index (χ2n) is 5.89. The molecular weight excluding hydrogens is 342 g/mol. The van der Waals surface area contributed by atoms with Crippen LogP contribution in [-0.4, -0.2) is 27.9 Å². The van der Waals surface area contributed by atoms with Gasteiger partial charge in [0.2, 0.25) is 0 Å². The van der Waals surface area contributed by atoms with Crippen LogP contribution in [0.5, 0.6) is 11.5 Å². The minimum Gasteiger partial charge on any atom is -0.506 e. The molecule has 5 nitrogen and oxygen atoms in total. The van der Waals surface area contributed by atoms with Crippen LogP contribution in [0.2, 0.25) is 5.02 Å². The first kappa shape index (κ1) is 17.2. The van der Waals surface area contributed by atoms with E-state index in [2.05, 4.69) is 0 Å². The summed E-state index contributed by atoms with van der Waals surface area (Å²) in [6, 6.07) is 10.9. The molecule has 0 bridgehead atoms. The van der Waals surface area contributed by atoms with Crippen LogP contribution in [0.3, 0.4) is 0 Å². The van der Waals surface area contributed by atoms with Crippen LogP contribution >= 0.6 is 11.6 Å². The number of rotatable bonds is 5. The van der Waals surface area contributed by atoms with Crippen LogP contribution in [0.1, 0.15) is 16.8 Å². The first-order valence-electron chi connectivity index (χ1n) is 7.75. The van der Waals surface area contributed by atoms with Crippen molar-refractivity contribution < 1.29 is 19.7 Å². The number of hydrogen-bond donors (Lipinski definition) is 2. The molecule has 130 valence electrons. The van der Waals surface area contributed by atoms with E-state index in [0.717, 1.165) is 22.5 Å². The number of fused-ring (bicyclic) bond motifs is 1. The summed E-state index contributed by atoms with van der Waals surface area (Å²) >= 11 is 6.07. The van der Waals surface area contributed by atoms with Gasteiger partial charge in [-0.2, -0.15) is 0 Å². The summed E-state index contributed by atoms with van der Waals surface area (Å²) in [5, 5.41) is 20.1.